The van der Waals surface area contributed by atoms with Crippen molar-refractivity contribution in [2.45, 2.75) is 12.5 Å². The zero-order valence-electron chi connectivity index (χ0n) is 15.2. The Morgan fingerprint density at radius 1 is 1.31 bits per heavy atom. The molecule has 1 aliphatic heterocycles. The van der Waals surface area contributed by atoms with E-state index < -0.39 is 0 Å². The predicted octanol–water partition coefficient (Wildman–Crippen LogP) is 3.81. The van der Waals surface area contributed by atoms with Crippen LogP contribution in [0.25, 0.3) is 0 Å². The highest BCUT2D eigenvalue weighted by molar-refractivity contribution is 8.13. The Hall–Kier alpha value is -1.42. The number of rotatable bonds is 5. The first-order chi connectivity index (χ1) is 12.6. The Bertz CT molecular complexity index is 783. The monoisotopic (exact) mass is 389 g/mol. The van der Waals surface area contributed by atoms with E-state index in [1.807, 2.05) is 19.4 Å². The van der Waals surface area contributed by atoms with Crippen molar-refractivity contribution in [1.82, 2.24) is 5.01 Å². The largest absolute Gasteiger partial charge is 0.330 e. The molecule has 0 saturated heterocycles. The predicted molar refractivity (Wildman–Crippen MR) is 113 cm³/mol. The Morgan fingerprint density at radius 3 is 2.85 bits per heavy atom. The Labute approximate surface area is 161 Å². The van der Waals surface area contributed by atoms with Gasteiger partial charge in [-0.05, 0) is 54.3 Å². The second-order valence-electron chi connectivity index (χ2n) is 6.44. The maximum Gasteiger partial charge on any atom is 0.123 e. The average Bonchev–Trinajstić information content (AvgIpc) is 2.66. The maximum atomic E-state index is 13.6. The summed E-state index contributed by atoms with van der Waals surface area (Å²) in [6.07, 6.45) is 4.11. The highest BCUT2D eigenvalue weighted by atomic mass is 32.2. The fourth-order valence-electron chi connectivity index (χ4n) is 3.55. The lowest BCUT2D eigenvalue weighted by atomic mass is 9.91. The summed E-state index contributed by atoms with van der Waals surface area (Å²) in [4.78, 5) is 0. The first-order valence-corrected chi connectivity index (χ1v) is 11.2. The number of nitrogens with zero attached hydrogens (tertiary/aromatic N) is 2. The fraction of sp³-hybridized carbons (Fsp3) is 0.350. The summed E-state index contributed by atoms with van der Waals surface area (Å²) in [5.41, 5.74) is 8.04. The third-order valence-corrected chi connectivity index (χ3v) is 7.00. The van der Waals surface area contributed by atoms with Gasteiger partial charge in [-0.3, -0.25) is 5.01 Å². The van der Waals surface area contributed by atoms with Gasteiger partial charge in [0.25, 0.3) is 0 Å². The molecule has 0 aliphatic carbocycles. The molecule has 0 saturated carbocycles. The molecule has 2 aromatic rings. The smallest absolute Gasteiger partial charge is 0.123 e. The number of hydrazone groups is 1. The molecule has 0 bridgehead atoms. The van der Waals surface area contributed by atoms with E-state index in [4.69, 9.17) is 10.8 Å². The van der Waals surface area contributed by atoms with Gasteiger partial charge < -0.3 is 5.73 Å². The minimum Gasteiger partial charge on any atom is -0.330 e. The number of hydrogen-bond acceptors (Lipinski definition) is 4. The molecular weight excluding hydrogens is 364 g/mol. The lowest BCUT2D eigenvalue weighted by Gasteiger charge is -2.38. The van der Waals surface area contributed by atoms with Crippen LogP contribution in [-0.4, -0.2) is 36.1 Å². The molecule has 1 heterocycles. The highest BCUT2D eigenvalue weighted by Crippen LogP contribution is 2.39. The number of halogens is 1. The second-order valence-corrected chi connectivity index (χ2v) is 8.54. The van der Waals surface area contributed by atoms with Crippen LogP contribution in [0, 0.1) is 11.7 Å². The molecular formula is C20H25FN3PS. The van der Waals surface area contributed by atoms with Crippen LogP contribution in [0.4, 0.5) is 4.39 Å². The molecule has 0 amide bonds. The maximum absolute atomic E-state index is 13.6. The van der Waals surface area contributed by atoms with Gasteiger partial charge in [0.15, 0.2) is 0 Å². The summed E-state index contributed by atoms with van der Waals surface area (Å²) in [6.45, 7) is 0.685. The Balaban J connectivity index is 1.96. The van der Waals surface area contributed by atoms with Crippen molar-refractivity contribution in [1.29, 1.82) is 0 Å². The summed E-state index contributed by atoms with van der Waals surface area (Å²) >= 11 is 1.54. The normalized spacial score (nSPS) is 20.8. The third-order valence-electron chi connectivity index (χ3n) is 4.73. The van der Waals surface area contributed by atoms with Crippen LogP contribution < -0.4 is 11.0 Å². The van der Waals surface area contributed by atoms with Crippen LogP contribution in [-0.2, 0) is 0 Å². The lowest BCUT2D eigenvalue weighted by molar-refractivity contribution is 0.189. The van der Waals surface area contributed by atoms with E-state index in [-0.39, 0.29) is 11.9 Å². The van der Waals surface area contributed by atoms with Crippen LogP contribution in [0.3, 0.4) is 0 Å². The Kier molecular flexibility index (Phi) is 6.68. The molecule has 3 rings (SSSR count). The van der Waals surface area contributed by atoms with Gasteiger partial charge in [0.2, 0.25) is 0 Å². The van der Waals surface area contributed by atoms with E-state index in [9.17, 15) is 4.39 Å². The Morgan fingerprint density at radius 2 is 2.12 bits per heavy atom. The first-order valence-electron chi connectivity index (χ1n) is 8.78. The molecule has 138 valence electrons. The highest BCUT2D eigenvalue weighted by Gasteiger charge is 2.32. The second kappa shape index (κ2) is 8.98. The lowest BCUT2D eigenvalue weighted by Crippen LogP contribution is -2.36. The van der Waals surface area contributed by atoms with E-state index in [1.54, 1.807) is 6.07 Å². The zero-order chi connectivity index (χ0) is 18.5. The van der Waals surface area contributed by atoms with Crippen LogP contribution in [0.5, 0.6) is 0 Å². The van der Waals surface area contributed by atoms with E-state index in [1.165, 1.54) is 34.8 Å². The molecule has 1 aliphatic rings. The van der Waals surface area contributed by atoms with E-state index in [2.05, 4.69) is 29.3 Å². The first kappa shape index (κ1) is 19.3. The van der Waals surface area contributed by atoms with Crippen molar-refractivity contribution in [3.8, 4) is 0 Å². The van der Waals surface area contributed by atoms with E-state index >= 15 is 0 Å². The third kappa shape index (κ3) is 4.28. The van der Waals surface area contributed by atoms with Gasteiger partial charge in [0.1, 0.15) is 10.9 Å². The molecule has 0 aromatic heterocycles. The molecule has 2 N–H and O–H groups in total. The topological polar surface area (TPSA) is 41.6 Å². The SMILES string of the molecule is CS/C(=N\N(C)C1c2ccccc2PCC1CCN)c1cccc(F)c1. The average molecular weight is 389 g/mol. The van der Waals surface area contributed by atoms with Gasteiger partial charge in [-0.2, -0.15) is 5.10 Å². The fourth-order valence-corrected chi connectivity index (χ4v) is 5.68. The molecule has 3 atom stereocenters. The van der Waals surface area contributed by atoms with Gasteiger partial charge >= 0.3 is 0 Å². The van der Waals surface area contributed by atoms with Crippen LogP contribution in [0.2, 0.25) is 0 Å². The number of nitrogens with two attached hydrogens (primary N) is 1. The van der Waals surface area contributed by atoms with Gasteiger partial charge in [0, 0.05) is 12.6 Å². The van der Waals surface area contributed by atoms with Crippen molar-refractivity contribution in [2.24, 2.45) is 16.8 Å². The quantitative estimate of drug-likeness (QED) is 0.366. The number of thioether (sulfide) groups is 1. The summed E-state index contributed by atoms with van der Waals surface area (Å²) in [7, 11) is 2.85. The summed E-state index contributed by atoms with van der Waals surface area (Å²) < 4.78 is 13.6. The zero-order valence-corrected chi connectivity index (χ0v) is 17.0. The molecule has 3 unspecified atom stereocenters. The number of benzene rings is 2. The van der Waals surface area contributed by atoms with Crippen molar-refractivity contribution in [3.05, 3.63) is 65.5 Å². The number of fused-ring (bicyclic) bond motifs is 1. The van der Waals surface area contributed by atoms with Gasteiger partial charge in [-0.15, -0.1) is 11.8 Å². The molecule has 2 aromatic carbocycles. The van der Waals surface area contributed by atoms with Crippen molar-refractivity contribution in [2.75, 3.05) is 26.0 Å². The van der Waals surface area contributed by atoms with Crippen LogP contribution >= 0.6 is 20.3 Å². The minimum absolute atomic E-state index is 0.201. The molecule has 3 nitrogen and oxygen atoms in total. The van der Waals surface area contributed by atoms with Crippen molar-refractivity contribution < 1.29 is 4.39 Å². The molecule has 6 heteroatoms. The van der Waals surface area contributed by atoms with Crippen LogP contribution in [0.1, 0.15) is 23.6 Å². The minimum atomic E-state index is -0.239. The number of hydrogen-bond donors (Lipinski definition) is 1. The standard InChI is InChI=1S/C20H25FN3PS/c1-24(23-20(26-2)14-6-5-7-16(21)12-14)19-15(10-11-22)13-25-18-9-4-3-8-17(18)19/h3-9,12,15,19,25H,10-11,13,22H2,1-2H3/b23-20-. The molecule has 0 radical (unpaired) electrons. The van der Waals surface area contributed by atoms with E-state index in [0.29, 0.717) is 12.5 Å². The van der Waals surface area contributed by atoms with Crippen LogP contribution in [0.15, 0.2) is 53.6 Å². The summed E-state index contributed by atoms with van der Waals surface area (Å²) in [5, 5.41) is 9.17. The van der Waals surface area contributed by atoms with Gasteiger partial charge in [0.05, 0.1) is 6.04 Å². The van der Waals surface area contributed by atoms with Gasteiger partial charge in [-0.25, -0.2) is 4.39 Å². The van der Waals surface area contributed by atoms with Gasteiger partial charge in [-0.1, -0.05) is 45.0 Å². The summed E-state index contributed by atoms with van der Waals surface area (Å²) in [5.74, 6) is 0.245. The van der Waals surface area contributed by atoms with Crippen molar-refractivity contribution >= 4 is 30.7 Å². The van der Waals surface area contributed by atoms with Crippen molar-refractivity contribution in [3.63, 3.8) is 0 Å². The molecule has 26 heavy (non-hydrogen) atoms. The van der Waals surface area contributed by atoms with E-state index in [0.717, 1.165) is 31.8 Å². The molecule has 0 fully saturated rings. The molecule has 0 spiro atoms. The summed E-state index contributed by atoms with van der Waals surface area (Å²) in [6, 6.07) is 15.5.